The molecule has 2 aromatic rings. The summed E-state index contributed by atoms with van der Waals surface area (Å²) in [4.78, 5) is 11.6. The van der Waals surface area contributed by atoms with Crippen LogP contribution >= 0.6 is 11.8 Å². The largest absolute Gasteiger partial charge is 0.481 e. The number of benzene rings is 2. The third-order valence-corrected chi connectivity index (χ3v) is 3.91. The van der Waals surface area contributed by atoms with Gasteiger partial charge in [-0.05, 0) is 17.7 Å². The van der Waals surface area contributed by atoms with Gasteiger partial charge in [0.2, 0.25) is 0 Å². The Bertz CT molecular complexity index is 592. The Balaban J connectivity index is 1.57. The van der Waals surface area contributed by atoms with Gasteiger partial charge in [-0.1, -0.05) is 42.5 Å². The Hall–Kier alpha value is -2.01. The van der Waals surface area contributed by atoms with Gasteiger partial charge in [-0.2, -0.15) is 11.8 Å². The number of amides is 1. The van der Waals surface area contributed by atoms with Gasteiger partial charge in [0.1, 0.15) is 0 Å². The molecule has 2 rings (SSSR count). The number of hydrogen-bond donors (Lipinski definition) is 1. The maximum absolute atomic E-state index is 13.3. The minimum absolute atomic E-state index is 0.0936. The molecule has 0 bridgehead atoms. The lowest BCUT2D eigenvalue weighted by Crippen LogP contribution is -2.30. The number of nitrogens with one attached hydrogen (secondary N) is 1. The van der Waals surface area contributed by atoms with Gasteiger partial charge in [0.25, 0.3) is 5.91 Å². The number of thioether (sulfide) groups is 1. The van der Waals surface area contributed by atoms with Crippen molar-refractivity contribution in [3.05, 3.63) is 66.0 Å². The molecule has 0 aromatic heterocycles. The molecule has 5 heteroatoms. The van der Waals surface area contributed by atoms with Crippen molar-refractivity contribution in [3.8, 4) is 5.75 Å². The first-order chi connectivity index (χ1) is 10.8. The lowest BCUT2D eigenvalue weighted by Gasteiger charge is -2.08. The van der Waals surface area contributed by atoms with Gasteiger partial charge >= 0.3 is 0 Å². The quantitative estimate of drug-likeness (QED) is 0.759. The van der Waals surface area contributed by atoms with E-state index in [1.165, 1.54) is 17.7 Å². The van der Waals surface area contributed by atoms with Crippen molar-refractivity contribution in [2.45, 2.75) is 5.75 Å². The van der Waals surface area contributed by atoms with Crippen LogP contribution in [-0.2, 0) is 10.5 Å². The second-order valence-corrected chi connectivity index (χ2v) is 5.71. The molecule has 0 saturated carbocycles. The number of hydrogen-bond acceptors (Lipinski definition) is 3. The lowest BCUT2D eigenvalue weighted by molar-refractivity contribution is -0.123. The number of para-hydroxylation sites is 1. The number of carbonyl (C=O) groups excluding carboxylic acids is 1. The molecule has 0 radical (unpaired) electrons. The van der Waals surface area contributed by atoms with Gasteiger partial charge in [0.15, 0.2) is 18.2 Å². The molecule has 2 aromatic carbocycles. The van der Waals surface area contributed by atoms with E-state index in [-0.39, 0.29) is 18.3 Å². The van der Waals surface area contributed by atoms with Crippen molar-refractivity contribution >= 4 is 17.7 Å². The van der Waals surface area contributed by atoms with Gasteiger partial charge in [-0.15, -0.1) is 0 Å². The highest BCUT2D eigenvalue weighted by Crippen LogP contribution is 2.15. The monoisotopic (exact) mass is 319 g/mol. The lowest BCUT2D eigenvalue weighted by atomic mass is 10.2. The summed E-state index contributed by atoms with van der Waals surface area (Å²) in [6.07, 6.45) is 0. The molecule has 0 aliphatic heterocycles. The van der Waals surface area contributed by atoms with Crippen LogP contribution in [0.4, 0.5) is 4.39 Å². The normalized spacial score (nSPS) is 10.2. The predicted molar refractivity (Wildman–Crippen MR) is 87.5 cm³/mol. The summed E-state index contributed by atoms with van der Waals surface area (Å²) in [6, 6.07) is 16.2. The SMILES string of the molecule is O=C(COc1ccccc1F)NCCSCc1ccccc1. The average Bonchev–Trinajstić information content (AvgIpc) is 2.55. The molecule has 0 aliphatic rings. The first kappa shape index (κ1) is 16.4. The first-order valence-corrected chi connectivity index (χ1v) is 8.17. The van der Waals surface area contributed by atoms with E-state index in [0.29, 0.717) is 6.54 Å². The average molecular weight is 319 g/mol. The van der Waals surface area contributed by atoms with Crippen LogP contribution in [-0.4, -0.2) is 24.8 Å². The number of rotatable bonds is 8. The maximum atomic E-state index is 13.3. The van der Waals surface area contributed by atoms with Crippen molar-refractivity contribution in [1.29, 1.82) is 0 Å². The smallest absolute Gasteiger partial charge is 0.257 e. The Labute approximate surface area is 133 Å². The maximum Gasteiger partial charge on any atom is 0.257 e. The third kappa shape index (κ3) is 5.77. The van der Waals surface area contributed by atoms with Crippen molar-refractivity contribution in [3.63, 3.8) is 0 Å². The summed E-state index contributed by atoms with van der Waals surface area (Å²) >= 11 is 1.75. The van der Waals surface area contributed by atoms with E-state index in [1.54, 1.807) is 23.9 Å². The molecule has 0 aliphatic carbocycles. The van der Waals surface area contributed by atoms with Crippen LogP contribution < -0.4 is 10.1 Å². The van der Waals surface area contributed by atoms with E-state index >= 15 is 0 Å². The highest BCUT2D eigenvalue weighted by Gasteiger charge is 2.05. The summed E-state index contributed by atoms with van der Waals surface area (Å²) in [7, 11) is 0. The van der Waals surface area contributed by atoms with Crippen molar-refractivity contribution in [1.82, 2.24) is 5.32 Å². The van der Waals surface area contributed by atoms with Crippen LogP contribution in [0.15, 0.2) is 54.6 Å². The number of carbonyl (C=O) groups is 1. The number of halogens is 1. The van der Waals surface area contributed by atoms with E-state index in [4.69, 9.17) is 4.74 Å². The van der Waals surface area contributed by atoms with E-state index < -0.39 is 5.82 Å². The van der Waals surface area contributed by atoms with Crippen LogP contribution in [0.5, 0.6) is 5.75 Å². The minimum atomic E-state index is -0.464. The first-order valence-electron chi connectivity index (χ1n) is 7.01. The second-order valence-electron chi connectivity index (χ2n) is 4.61. The second kappa shape index (κ2) is 9.10. The molecular weight excluding hydrogens is 301 g/mol. The molecule has 0 fully saturated rings. The van der Waals surface area contributed by atoms with E-state index in [0.717, 1.165) is 11.5 Å². The summed E-state index contributed by atoms with van der Waals surface area (Å²) in [5, 5.41) is 2.75. The van der Waals surface area contributed by atoms with Crippen molar-refractivity contribution in [2.24, 2.45) is 0 Å². The molecular formula is C17H18FNO2S. The molecule has 0 atom stereocenters. The number of ether oxygens (including phenoxy) is 1. The fraction of sp³-hybridized carbons (Fsp3) is 0.235. The fourth-order valence-corrected chi connectivity index (χ4v) is 2.60. The molecule has 3 nitrogen and oxygen atoms in total. The van der Waals surface area contributed by atoms with Crippen LogP contribution in [0.2, 0.25) is 0 Å². The Kier molecular flexibility index (Phi) is 6.77. The van der Waals surface area contributed by atoms with E-state index in [9.17, 15) is 9.18 Å². The van der Waals surface area contributed by atoms with Gasteiger partial charge in [-0.25, -0.2) is 4.39 Å². The van der Waals surface area contributed by atoms with E-state index in [1.807, 2.05) is 18.2 Å². The Morgan fingerprint density at radius 2 is 1.82 bits per heavy atom. The molecule has 0 unspecified atom stereocenters. The Morgan fingerprint density at radius 3 is 2.59 bits per heavy atom. The van der Waals surface area contributed by atoms with Gasteiger partial charge in [0, 0.05) is 18.1 Å². The van der Waals surface area contributed by atoms with Crippen LogP contribution in [0.1, 0.15) is 5.56 Å². The standard InChI is InChI=1S/C17H18FNO2S/c18-15-8-4-5-9-16(15)21-12-17(20)19-10-11-22-13-14-6-2-1-3-7-14/h1-9H,10-13H2,(H,19,20). The van der Waals surface area contributed by atoms with Crippen LogP contribution in [0, 0.1) is 5.82 Å². The topological polar surface area (TPSA) is 38.3 Å². The van der Waals surface area contributed by atoms with Gasteiger partial charge < -0.3 is 10.1 Å². The summed E-state index contributed by atoms with van der Waals surface area (Å²) in [5.41, 5.74) is 1.27. The highest BCUT2D eigenvalue weighted by molar-refractivity contribution is 7.98. The van der Waals surface area contributed by atoms with Gasteiger partial charge in [-0.3, -0.25) is 4.79 Å². The summed E-state index contributed by atoms with van der Waals surface area (Å²) in [5.74, 6) is 1.12. The van der Waals surface area contributed by atoms with Crippen molar-refractivity contribution < 1.29 is 13.9 Å². The fourth-order valence-electron chi connectivity index (χ4n) is 1.78. The predicted octanol–water partition coefficient (Wildman–Crippen LogP) is 3.25. The molecule has 1 amide bonds. The molecule has 1 N–H and O–H groups in total. The third-order valence-electron chi connectivity index (χ3n) is 2.88. The minimum Gasteiger partial charge on any atom is -0.481 e. The molecule has 0 spiro atoms. The zero-order chi connectivity index (χ0) is 15.6. The van der Waals surface area contributed by atoms with Crippen LogP contribution in [0.3, 0.4) is 0 Å². The highest BCUT2D eigenvalue weighted by atomic mass is 32.2. The molecule has 116 valence electrons. The van der Waals surface area contributed by atoms with Crippen LogP contribution in [0.25, 0.3) is 0 Å². The zero-order valence-electron chi connectivity index (χ0n) is 12.1. The molecule has 0 heterocycles. The Morgan fingerprint density at radius 1 is 1.09 bits per heavy atom. The molecule has 0 saturated heterocycles. The zero-order valence-corrected chi connectivity index (χ0v) is 12.9. The van der Waals surface area contributed by atoms with Crippen molar-refractivity contribution in [2.75, 3.05) is 18.9 Å². The molecule has 22 heavy (non-hydrogen) atoms. The van der Waals surface area contributed by atoms with E-state index in [2.05, 4.69) is 17.4 Å². The van der Waals surface area contributed by atoms with Gasteiger partial charge in [0.05, 0.1) is 0 Å². The summed E-state index contributed by atoms with van der Waals surface area (Å²) in [6.45, 7) is 0.390. The summed E-state index contributed by atoms with van der Waals surface area (Å²) < 4.78 is 18.4.